The smallest absolute Gasteiger partial charge is 0.227 e. The van der Waals surface area contributed by atoms with Gasteiger partial charge in [0.25, 0.3) is 0 Å². The first-order valence-electron chi connectivity index (χ1n) is 7.34. The highest BCUT2D eigenvalue weighted by molar-refractivity contribution is 5.64. The molecule has 106 valence electrons. The molecule has 21 heavy (non-hydrogen) atoms. The summed E-state index contributed by atoms with van der Waals surface area (Å²) in [5.41, 5.74) is 3.14. The second-order valence-corrected chi connectivity index (χ2v) is 5.62. The lowest BCUT2D eigenvalue weighted by Crippen LogP contribution is -1.96. The van der Waals surface area contributed by atoms with Crippen molar-refractivity contribution in [2.24, 2.45) is 5.92 Å². The molecule has 0 aliphatic rings. The van der Waals surface area contributed by atoms with Crippen molar-refractivity contribution >= 4 is 0 Å². The van der Waals surface area contributed by atoms with E-state index in [1.54, 1.807) is 0 Å². The van der Waals surface area contributed by atoms with E-state index in [1.807, 2.05) is 48.5 Å². The van der Waals surface area contributed by atoms with Crippen molar-refractivity contribution in [2.45, 2.75) is 20.3 Å². The van der Waals surface area contributed by atoms with Crippen LogP contribution in [0.5, 0.6) is 0 Å². The molecule has 3 rings (SSSR count). The van der Waals surface area contributed by atoms with E-state index in [4.69, 9.17) is 9.40 Å². The molecule has 2 aromatic carbocycles. The summed E-state index contributed by atoms with van der Waals surface area (Å²) in [6.07, 6.45) is 0.917. The van der Waals surface area contributed by atoms with Crippen LogP contribution in [0.2, 0.25) is 0 Å². The van der Waals surface area contributed by atoms with Crippen LogP contribution in [0, 0.1) is 5.92 Å². The Morgan fingerprint density at radius 1 is 0.857 bits per heavy atom. The summed E-state index contributed by atoms with van der Waals surface area (Å²) < 4.78 is 6.08. The number of benzene rings is 2. The molecular formula is C19H19NO. The standard InChI is InChI=1S/C19H19NO/c1-14(2)13-17-18(15-9-5-3-6-10-15)21-19(20-17)16-11-7-4-8-12-16/h3-12,14H,13H2,1-2H3. The van der Waals surface area contributed by atoms with Crippen molar-refractivity contribution in [1.82, 2.24) is 4.98 Å². The third-order valence-electron chi connectivity index (χ3n) is 3.36. The molecule has 3 aromatic rings. The zero-order valence-electron chi connectivity index (χ0n) is 12.4. The lowest BCUT2D eigenvalue weighted by Gasteiger charge is -2.03. The van der Waals surface area contributed by atoms with Crippen LogP contribution in [0.15, 0.2) is 65.1 Å². The molecule has 2 nitrogen and oxygen atoms in total. The Labute approximate surface area is 125 Å². The largest absolute Gasteiger partial charge is 0.436 e. The van der Waals surface area contributed by atoms with Gasteiger partial charge in [-0.05, 0) is 24.5 Å². The molecule has 0 N–H and O–H groups in total. The van der Waals surface area contributed by atoms with Crippen molar-refractivity contribution in [3.05, 3.63) is 66.4 Å². The number of hydrogen-bond donors (Lipinski definition) is 0. The first kappa shape index (κ1) is 13.6. The summed E-state index contributed by atoms with van der Waals surface area (Å²) in [5, 5.41) is 0. The Bertz CT molecular complexity index is 699. The minimum Gasteiger partial charge on any atom is -0.436 e. The molecule has 0 atom stereocenters. The highest BCUT2D eigenvalue weighted by Crippen LogP contribution is 2.30. The number of oxazole rings is 1. The van der Waals surface area contributed by atoms with Crippen LogP contribution in [-0.4, -0.2) is 4.98 Å². The van der Waals surface area contributed by atoms with Gasteiger partial charge in [0, 0.05) is 11.1 Å². The van der Waals surface area contributed by atoms with Crippen molar-refractivity contribution in [1.29, 1.82) is 0 Å². The van der Waals surface area contributed by atoms with Crippen LogP contribution in [-0.2, 0) is 6.42 Å². The van der Waals surface area contributed by atoms with E-state index in [9.17, 15) is 0 Å². The Hall–Kier alpha value is -2.35. The maximum absolute atomic E-state index is 6.08. The molecule has 0 fully saturated rings. The Morgan fingerprint density at radius 2 is 1.43 bits per heavy atom. The van der Waals surface area contributed by atoms with Gasteiger partial charge in [-0.3, -0.25) is 0 Å². The fourth-order valence-corrected chi connectivity index (χ4v) is 2.40. The second-order valence-electron chi connectivity index (χ2n) is 5.62. The topological polar surface area (TPSA) is 26.0 Å². The maximum Gasteiger partial charge on any atom is 0.227 e. The maximum atomic E-state index is 6.08. The van der Waals surface area contributed by atoms with E-state index in [0.717, 1.165) is 29.0 Å². The van der Waals surface area contributed by atoms with E-state index in [1.165, 1.54) is 0 Å². The molecular weight excluding hydrogens is 258 g/mol. The highest BCUT2D eigenvalue weighted by atomic mass is 16.4. The predicted molar refractivity (Wildman–Crippen MR) is 85.9 cm³/mol. The molecule has 2 heteroatoms. The summed E-state index contributed by atoms with van der Waals surface area (Å²) in [5.74, 6) is 2.13. The van der Waals surface area contributed by atoms with Gasteiger partial charge < -0.3 is 4.42 Å². The molecule has 0 radical (unpaired) electrons. The number of aromatic nitrogens is 1. The SMILES string of the molecule is CC(C)Cc1nc(-c2ccccc2)oc1-c1ccccc1. The first-order chi connectivity index (χ1) is 10.2. The minimum absolute atomic E-state index is 0.543. The van der Waals surface area contributed by atoms with Gasteiger partial charge >= 0.3 is 0 Å². The molecule has 0 unspecified atom stereocenters. The van der Waals surface area contributed by atoms with Gasteiger partial charge in [0.1, 0.15) is 0 Å². The molecule has 0 aliphatic heterocycles. The zero-order chi connectivity index (χ0) is 14.7. The van der Waals surface area contributed by atoms with Crippen molar-refractivity contribution < 1.29 is 4.42 Å². The molecule has 0 spiro atoms. The summed E-state index contributed by atoms with van der Waals surface area (Å²) >= 11 is 0. The van der Waals surface area contributed by atoms with Gasteiger partial charge in [-0.1, -0.05) is 62.4 Å². The van der Waals surface area contributed by atoms with Crippen molar-refractivity contribution in [2.75, 3.05) is 0 Å². The lowest BCUT2D eigenvalue weighted by atomic mass is 10.0. The van der Waals surface area contributed by atoms with Crippen molar-refractivity contribution in [3.8, 4) is 22.8 Å². The minimum atomic E-state index is 0.543. The third-order valence-corrected chi connectivity index (χ3v) is 3.36. The molecule has 0 saturated carbocycles. The zero-order valence-corrected chi connectivity index (χ0v) is 12.4. The van der Waals surface area contributed by atoms with Crippen LogP contribution in [0.4, 0.5) is 0 Å². The van der Waals surface area contributed by atoms with Crippen LogP contribution in [0.1, 0.15) is 19.5 Å². The van der Waals surface area contributed by atoms with E-state index in [-0.39, 0.29) is 0 Å². The molecule has 0 bridgehead atoms. The van der Waals surface area contributed by atoms with E-state index >= 15 is 0 Å². The third kappa shape index (κ3) is 3.05. The average molecular weight is 277 g/mol. The number of hydrogen-bond acceptors (Lipinski definition) is 2. The average Bonchev–Trinajstić information content (AvgIpc) is 2.92. The van der Waals surface area contributed by atoms with Gasteiger partial charge in [0.15, 0.2) is 5.76 Å². The highest BCUT2D eigenvalue weighted by Gasteiger charge is 2.16. The fraction of sp³-hybridized carbons (Fsp3) is 0.211. The van der Waals surface area contributed by atoms with Crippen LogP contribution < -0.4 is 0 Å². The van der Waals surface area contributed by atoms with E-state index < -0.39 is 0 Å². The van der Waals surface area contributed by atoms with Gasteiger partial charge in [-0.2, -0.15) is 0 Å². The summed E-state index contributed by atoms with van der Waals surface area (Å²) in [7, 11) is 0. The van der Waals surface area contributed by atoms with Crippen molar-refractivity contribution in [3.63, 3.8) is 0 Å². The molecule has 0 saturated heterocycles. The molecule has 1 aromatic heterocycles. The van der Waals surface area contributed by atoms with Gasteiger partial charge in [-0.15, -0.1) is 0 Å². The van der Waals surface area contributed by atoms with Gasteiger partial charge in [0.2, 0.25) is 5.89 Å². The number of nitrogens with zero attached hydrogens (tertiary/aromatic N) is 1. The molecule has 1 heterocycles. The summed E-state index contributed by atoms with van der Waals surface area (Å²) in [4.78, 5) is 4.73. The quantitative estimate of drug-likeness (QED) is 0.654. The monoisotopic (exact) mass is 277 g/mol. The fourth-order valence-electron chi connectivity index (χ4n) is 2.40. The molecule has 0 aliphatic carbocycles. The van der Waals surface area contributed by atoms with E-state index in [0.29, 0.717) is 11.8 Å². The second kappa shape index (κ2) is 5.96. The number of rotatable bonds is 4. The van der Waals surface area contributed by atoms with Crippen LogP contribution >= 0.6 is 0 Å². The Balaban J connectivity index is 2.07. The predicted octanol–water partition coefficient (Wildman–Crippen LogP) is 5.21. The summed E-state index contributed by atoms with van der Waals surface area (Å²) in [6, 6.07) is 20.3. The van der Waals surface area contributed by atoms with Gasteiger partial charge in [-0.25, -0.2) is 4.98 Å². The Morgan fingerprint density at radius 3 is 2.00 bits per heavy atom. The summed E-state index contributed by atoms with van der Waals surface area (Å²) in [6.45, 7) is 4.40. The van der Waals surface area contributed by atoms with E-state index in [2.05, 4.69) is 26.0 Å². The lowest BCUT2D eigenvalue weighted by molar-refractivity contribution is 0.582. The van der Waals surface area contributed by atoms with Crippen LogP contribution in [0.25, 0.3) is 22.8 Å². The normalized spacial score (nSPS) is 11.0. The Kier molecular flexibility index (Phi) is 3.87. The first-order valence-corrected chi connectivity index (χ1v) is 7.34. The molecule has 0 amide bonds. The van der Waals surface area contributed by atoms with Crippen LogP contribution in [0.3, 0.4) is 0 Å². The van der Waals surface area contributed by atoms with Gasteiger partial charge in [0.05, 0.1) is 5.69 Å².